The van der Waals surface area contributed by atoms with Gasteiger partial charge >= 0.3 is 0 Å². The van der Waals surface area contributed by atoms with Crippen LogP contribution < -0.4 is 4.90 Å². The largest absolute Gasteiger partial charge is 0.337 e. The van der Waals surface area contributed by atoms with Crippen molar-refractivity contribution in [3.8, 4) is 0 Å². The van der Waals surface area contributed by atoms with E-state index in [2.05, 4.69) is 66.2 Å². The second kappa shape index (κ2) is 5.86. The average Bonchev–Trinajstić information content (AvgIpc) is 3.17. The van der Waals surface area contributed by atoms with Crippen LogP contribution in [0, 0.1) is 0 Å². The molecule has 4 rings (SSSR count). The fourth-order valence-corrected chi connectivity index (χ4v) is 4.12. The maximum absolute atomic E-state index is 4.37. The zero-order chi connectivity index (χ0) is 15.8. The van der Waals surface area contributed by atoms with E-state index >= 15 is 0 Å². The number of fused-ring (bicyclic) bond motifs is 2. The highest BCUT2D eigenvalue weighted by molar-refractivity contribution is 7.17. The molecular formula is C21H21NS. The summed E-state index contributed by atoms with van der Waals surface area (Å²) in [6, 6.07) is 15.8. The molecule has 1 aliphatic heterocycles. The summed E-state index contributed by atoms with van der Waals surface area (Å²) in [5.74, 6) is 0. The van der Waals surface area contributed by atoms with Gasteiger partial charge in [0.2, 0.25) is 0 Å². The lowest BCUT2D eigenvalue weighted by Crippen LogP contribution is -2.12. The number of hydrogen-bond acceptors (Lipinski definition) is 2. The Balaban J connectivity index is 1.65. The normalized spacial score (nSPS) is 13.8. The molecule has 3 aromatic rings. The van der Waals surface area contributed by atoms with Crippen molar-refractivity contribution < 1.29 is 0 Å². The topological polar surface area (TPSA) is 3.24 Å². The van der Waals surface area contributed by atoms with Gasteiger partial charge in [-0.25, -0.2) is 0 Å². The van der Waals surface area contributed by atoms with Crippen LogP contribution >= 0.6 is 11.3 Å². The first-order valence-electron chi connectivity index (χ1n) is 8.32. The summed E-state index contributed by atoms with van der Waals surface area (Å²) in [5.41, 5.74) is 6.52. The van der Waals surface area contributed by atoms with Gasteiger partial charge < -0.3 is 4.90 Å². The van der Waals surface area contributed by atoms with Crippen LogP contribution in [0.25, 0.3) is 15.8 Å². The third-order valence-corrected chi connectivity index (χ3v) is 5.60. The highest BCUT2D eigenvalue weighted by Gasteiger charge is 2.23. The Kier molecular flexibility index (Phi) is 3.70. The molecule has 1 aliphatic rings. The Bertz CT molecular complexity index is 874. The number of unbranched alkanes of at least 4 members (excludes halogenated alkanes) is 1. The molecule has 0 amide bonds. The van der Waals surface area contributed by atoms with E-state index in [9.17, 15) is 0 Å². The van der Waals surface area contributed by atoms with Crippen molar-refractivity contribution in [2.24, 2.45) is 0 Å². The predicted molar refractivity (Wildman–Crippen MR) is 102 cm³/mol. The minimum absolute atomic E-state index is 0.928. The van der Waals surface area contributed by atoms with Gasteiger partial charge in [0.15, 0.2) is 0 Å². The molecule has 0 N–H and O–H groups in total. The van der Waals surface area contributed by atoms with Gasteiger partial charge in [-0.15, -0.1) is 11.3 Å². The number of thiophene rings is 1. The van der Waals surface area contributed by atoms with Crippen molar-refractivity contribution in [2.45, 2.75) is 32.7 Å². The lowest BCUT2D eigenvalue weighted by molar-refractivity contribution is 0.794. The number of anilines is 1. The van der Waals surface area contributed by atoms with Gasteiger partial charge in [0.1, 0.15) is 0 Å². The van der Waals surface area contributed by atoms with E-state index in [-0.39, 0.29) is 0 Å². The molecular weight excluding hydrogens is 298 g/mol. The van der Waals surface area contributed by atoms with Crippen LogP contribution in [0.5, 0.6) is 0 Å². The Morgan fingerprint density at radius 1 is 1.13 bits per heavy atom. The Labute approximate surface area is 141 Å². The first-order valence-corrected chi connectivity index (χ1v) is 9.20. The van der Waals surface area contributed by atoms with Crippen LogP contribution in [-0.2, 0) is 13.0 Å². The smallest absolute Gasteiger partial charge is 0.0488 e. The molecule has 116 valence electrons. The number of nitrogens with zero attached hydrogens (tertiary/aromatic N) is 1. The van der Waals surface area contributed by atoms with Crippen LogP contribution in [0.15, 0.2) is 54.4 Å². The molecule has 0 atom stereocenters. The molecule has 0 fully saturated rings. The Morgan fingerprint density at radius 2 is 2.04 bits per heavy atom. The Hall–Kier alpha value is -2.06. The molecule has 0 radical (unpaired) electrons. The highest BCUT2D eigenvalue weighted by atomic mass is 32.1. The summed E-state index contributed by atoms with van der Waals surface area (Å²) in [4.78, 5) is 2.34. The van der Waals surface area contributed by atoms with Gasteiger partial charge in [-0.3, -0.25) is 0 Å². The lowest BCUT2D eigenvalue weighted by Gasteiger charge is -2.19. The van der Waals surface area contributed by atoms with Crippen molar-refractivity contribution in [1.29, 1.82) is 0 Å². The van der Waals surface area contributed by atoms with Gasteiger partial charge in [0.25, 0.3) is 0 Å². The fourth-order valence-electron chi connectivity index (χ4n) is 3.35. The van der Waals surface area contributed by atoms with E-state index in [1.165, 1.54) is 45.3 Å². The summed E-state index contributed by atoms with van der Waals surface area (Å²) >= 11 is 1.80. The number of aryl methyl sites for hydroxylation is 1. The third-order valence-electron chi connectivity index (χ3n) is 4.71. The molecule has 0 aliphatic carbocycles. The molecule has 2 aromatic carbocycles. The van der Waals surface area contributed by atoms with Crippen molar-refractivity contribution >= 4 is 32.8 Å². The second-order valence-electron chi connectivity index (χ2n) is 6.27. The molecule has 1 aromatic heterocycles. The molecule has 2 heteroatoms. The molecule has 0 bridgehead atoms. The summed E-state index contributed by atoms with van der Waals surface area (Å²) in [6.07, 6.45) is 3.66. The number of rotatable bonds is 4. The van der Waals surface area contributed by atoms with E-state index in [1.54, 1.807) is 11.3 Å². The maximum atomic E-state index is 4.37. The SMILES string of the molecule is C=C1c2cc(CCCC)ccc2CN1c1ccc2sccc2c1. The Morgan fingerprint density at radius 3 is 2.91 bits per heavy atom. The fraction of sp³-hybridized carbons (Fsp3) is 0.238. The first kappa shape index (κ1) is 14.5. The van der Waals surface area contributed by atoms with Crippen LogP contribution in [0.2, 0.25) is 0 Å². The average molecular weight is 319 g/mol. The van der Waals surface area contributed by atoms with Crippen molar-refractivity contribution in [3.05, 3.63) is 71.1 Å². The molecule has 0 unspecified atom stereocenters. The van der Waals surface area contributed by atoms with Crippen LogP contribution in [0.4, 0.5) is 5.69 Å². The van der Waals surface area contributed by atoms with Crippen LogP contribution in [-0.4, -0.2) is 0 Å². The van der Waals surface area contributed by atoms with Crippen molar-refractivity contribution in [2.75, 3.05) is 4.90 Å². The van der Waals surface area contributed by atoms with Crippen molar-refractivity contribution in [1.82, 2.24) is 0 Å². The van der Waals surface area contributed by atoms with Crippen LogP contribution in [0.1, 0.15) is 36.5 Å². The highest BCUT2D eigenvalue weighted by Crippen LogP contribution is 2.38. The monoisotopic (exact) mass is 319 g/mol. The van der Waals surface area contributed by atoms with Crippen LogP contribution in [0.3, 0.4) is 0 Å². The standard InChI is InChI=1S/C21H21NS/c1-3-4-5-16-6-7-18-14-22(15(2)20(18)12-16)19-8-9-21-17(13-19)10-11-23-21/h6-13H,2-5,14H2,1H3. The predicted octanol–water partition coefficient (Wildman–Crippen LogP) is 6.23. The third kappa shape index (κ3) is 2.57. The lowest BCUT2D eigenvalue weighted by atomic mass is 10.0. The van der Waals surface area contributed by atoms with Gasteiger partial charge in [-0.1, -0.05) is 32.1 Å². The van der Waals surface area contributed by atoms with Gasteiger partial charge in [-0.05, 0) is 65.1 Å². The quantitative estimate of drug-likeness (QED) is 0.550. The molecule has 23 heavy (non-hydrogen) atoms. The molecule has 0 spiro atoms. The zero-order valence-corrected chi connectivity index (χ0v) is 14.3. The first-order chi connectivity index (χ1) is 11.3. The molecule has 1 nitrogen and oxygen atoms in total. The van der Waals surface area contributed by atoms with E-state index in [4.69, 9.17) is 0 Å². The summed E-state index contributed by atoms with van der Waals surface area (Å²) in [7, 11) is 0. The molecule has 0 saturated heterocycles. The number of hydrogen-bond donors (Lipinski definition) is 0. The minimum atomic E-state index is 0.928. The van der Waals surface area contributed by atoms with Gasteiger partial charge in [-0.2, -0.15) is 0 Å². The van der Waals surface area contributed by atoms with Gasteiger partial charge in [0.05, 0.1) is 0 Å². The molecule has 0 saturated carbocycles. The summed E-state index contributed by atoms with van der Waals surface area (Å²) in [6.45, 7) is 7.54. The summed E-state index contributed by atoms with van der Waals surface area (Å²) in [5, 5.41) is 3.47. The van der Waals surface area contributed by atoms with E-state index < -0.39 is 0 Å². The van der Waals surface area contributed by atoms with Gasteiger partial charge in [0, 0.05) is 28.2 Å². The summed E-state index contributed by atoms with van der Waals surface area (Å²) < 4.78 is 1.35. The number of benzene rings is 2. The van der Waals surface area contributed by atoms with E-state index in [0.717, 1.165) is 18.7 Å². The van der Waals surface area contributed by atoms with E-state index in [0.29, 0.717) is 0 Å². The minimum Gasteiger partial charge on any atom is -0.337 e. The second-order valence-corrected chi connectivity index (χ2v) is 7.22. The molecule has 2 heterocycles. The van der Waals surface area contributed by atoms with E-state index in [1.807, 2.05) is 0 Å². The zero-order valence-electron chi connectivity index (χ0n) is 13.5. The maximum Gasteiger partial charge on any atom is 0.0488 e. The van der Waals surface area contributed by atoms with Crippen molar-refractivity contribution in [3.63, 3.8) is 0 Å².